The van der Waals surface area contributed by atoms with Crippen molar-refractivity contribution in [3.8, 4) is 0 Å². The van der Waals surface area contributed by atoms with Crippen LogP contribution in [0.3, 0.4) is 0 Å². The SMILES string of the molecule is CCCCC1COC(=O)N1C1CCN(C(=O)c2cn(C)c3ccccc23)CC1. The molecule has 150 valence electrons. The van der Waals surface area contributed by atoms with Crippen molar-refractivity contribution in [2.24, 2.45) is 7.05 Å². The van der Waals surface area contributed by atoms with Crippen molar-refractivity contribution in [1.29, 1.82) is 0 Å². The normalized spacial score (nSPS) is 20.8. The van der Waals surface area contributed by atoms with Crippen LogP contribution in [0.2, 0.25) is 0 Å². The number of aromatic nitrogens is 1. The van der Waals surface area contributed by atoms with E-state index in [0.717, 1.165) is 48.6 Å². The lowest BCUT2D eigenvalue weighted by Gasteiger charge is -2.37. The number of cyclic esters (lactones) is 1. The van der Waals surface area contributed by atoms with E-state index >= 15 is 0 Å². The molecule has 0 saturated carbocycles. The van der Waals surface area contributed by atoms with Gasteiger partial charge in [0.15, 0.2) is 0 Å². The number of carbonyl (C=O) groups is 2. The Bertz CT molecular complexity index is 867. The zero-order valence-corrected chi connectivity index (χ0v) is 16.8. The van der Waals surface area contributed by atoms with Crippen LogP contribution in [0.25, 0.3) is 10.9 Å². The van der Waals surface area contributed by atoms with Gasteiger partial charge >= 0.3 is 6.09 Å². The van der Waals surface area contributed by atoms with E-state index in [1.165, 1.54) is 0 Å². The molecule has 6 nitrogen and oxygen atoms in total. The first-order valence-corrected chi connectivity index (χ1v) is 10.4. The zero-order valence-electron chi connectivity index (χ0n) is 16.8. The van der Waals surface area contributed by atoms with Gasteiger partial charge in [0.25, 0.3) is 5.91 Å². The van der Waals surface area contributed by atoms with E-state index in [0.29, 0.717) is 19.7 Å². The number of amides is 2. The maximum Gasteiger partial charge on any atom is 0.410 e. The Hall–Kier alpha value is -2.50. The summed E-state index contributed by atoms with van der Waals surface area (Å²) in [6, 6.07) is 8.38. The lowest BCUT2D eigenvalue weighted by molar-refractivity contribution is 0.0635. The molecule has 1 aromatic heterocycles. The summed E-state index contributed by atoms with van der Waals surface area (Å²) in [6.45, 7) is 4.03. The fourth-order valence-electron chi connectivity index (χ4n) is 4.61. The Kier molecular flexibility index (Phi) is 5.29. The molecule has 4 rings (SSSR count). The largest absolute Gasteiger partial charge is 0.447 e. The van der Waals surface area contributed by atoms with Gasteiger partial charge in [-0.05, 0) is 25.3 Å². The number of rotatable bonds is 5. The number of fused-ring (bicyclic) bond motifs is 1. The summed E-state index contributed by atoms with van der Waals surface area (Å²) in [4.78, 5) is 29.3. The van der Waals surface area contributed by atoms with Gasteiger partial charge in [-0.25, -0.2) is 4.79 Å². The van der Waals surface area contributed by atoms with Crippen molar-refractivity contribution in [3.63, 3.8) is 0 Å². The number of para-hydroxylation sites is 1. The van der Waals surface area contributed by atoms with Crippen molar-refractivity contribution >= 4 is 22.9 Å². The first-order chi connectivity index (χ1) is 13.6. The number of hydrogen-bond acceptors (Lipinski definition) is 3. The van der Waals surface area contributed by atoms with E-state index in [1.807, 2.05) is 51.9 Å². The van der Waals surface area contributed by atoms with Gasteiger partial charge in [-0.2, -0.15) is 0 Å². The smallest absolute Gasteiger partial charge is 0.410 e. The van der Waals surface area contributed by atoms with Crippen LogP contribution in [-0.4, -0.2) is 58.1 Å². The van der Waals surface area contributed by atoms with E-state index < -0.39 is 0 Å². The molecule has 0 aliphatic carbocycles. The topological polar surface area (TPSA) is 54.8 Å². The molecule has 28 heavy (non-hydrogen) atoms. The second-order valence-corrected chi connectivity index (χ2v) is 7.97. The fraction of sp³-hybridized carbons (Fsp3) is 0.545. The highest BCUT2D eigenvalue weighted by Crippen LogP contribution is 2.28. The van der Waals surface area contributed by atoms with Gasteiger partial charge in [-0.3, -0.25) is 9.69 Å². The Morgan fingerprint density at radius 1 is 1.21 bits per heavy atom. The Morgan fingerprint density at radius 2 is 1.96 bits per heavy atom. The molecule has 1 atom stereocenters. The number of carbonyl (C=O) groups excluding carboxylic acids is 2. The van der Waals surface area contributed by atoms with Crippen molar-refractivity contribution in [3.05, 3.63) is 36.0 Å². The van der Waals surface area contributed by atoms with Gasteiger partial charge in [-0.15, -0.1) is 0 Å². The van der Waals surface area contributed by atoms with Crippen LogP contribution < -0.4 is 0 Å². The number of hydrogen-bond donors (Lipinski definition) is 0. The minimum absolute atomic E-state index is 0.0850. The predicted molar refractivity (Wildman–Crippen MR) is 108 cm³/mol. The van der Waals surface area contributed by atoms with Crippen LogP contribution in [0, 0.1) is 0 Å². The standard InChI is InChI=1S/C22H29N3O3/c1-3-4-7-17-15-28-22(27)25(17)16-10-12-24(13-11-16)21(26)19-14-23(2)20-9-6-5-8-18(19)20/h5-6,8-9,14,16-17H,3-4,7,10-13,15H2,1-2H3. The summed E-state index contributed by atoms with van der Waals surface area (Å²) in [5, 5.41) is 1.000. The summed E-state index contributed by atoms with van der Waals surface area (Å²) in [5.41, 5.74) is 1.83. The van der Waals surface area contributed by atoms with E-state index in [1.54, 1.807) is 0 Å². The van der Waals surface area contributed by atoms with Crippen molar-refractivity contribution in [2.45, 2.75) is 51.1 Å². The molecule has 1 aromatic carbocycles. The highest BCUT2D eigenvalue weighted by atomic mass is 16.6. The molecule has 0 spiro atoms. The number of unbranched alkanes of at least 4 members (excludes halogenated alkanes) is 1. The third-order valence-electron chi connectivity index (χ3n) is 6.17. The maximum absolute atomic E-state index is 13.1. The molecule has 2 aliphatic heterocycles. The Balaban J connectivity index is 1.43. The van der Waals surface area contributed by atoms with Gasteiger partial charge in [0, 0.05) is 43.3 Å². The highest BCUT2D eigenvalue weighted by Gasteiger charge is 2.39. The lowest BCUT2D eigenvalue weighted by Crippen LogP contribution is -2.49. The van der Waals surface area contributed by atoms with Crippen molar-refractivity contribution in [1.82, 2.24) is 14.4 Å². The van der Waals surface area contributed by atoms with Gasteiger partial charge in [0.1, 0.15) is 6.61 Å². The number of aryl methyl sites for hydroxylation is 1. The summed E-state index contributed by atoms with van der Waals surface area (Å²) in [7, 11) is 1.97. The Morgan fingerprint density at radius 3 is 2.71 bits per heavy atom. The third kappa shape index (κ3) is 3.36. The third-order valence-corrected chi connectivity index (χ3v) is 6.17. The second-order valence-electron chi connectivity index (χ2n) is 7.97. The van der Waals surface area contributed by atoms with Crippen LogP contribution in [0.15, 0.2) is 30.5 Å². The number of likely N-dealkylation sites (tertiary alicyclic amines) is 1. The maximum atomic E-state index is 13.1. The fourth-order valence-corrected chi connectivity index (χ4v) is 4.61. The van der Waals surface area contributed by atoms with E-state index in [9.17, 15) is 9.59 Å². The molecule has 0 radical (unpaired) electrons. The van der Waals surface area contributed by atoms with Crippen LogP contribution >= 0.6 is 0 Å². The number of ether oxygens (including phenoxy) is 1. The molecular weight excluding hydrogens is 354 g/mol. The van der Waals surface area contributed by atoms with Crippen LogP contribution in [-0.2, 0) is 11.8 Å². The number of piperidine rings is 1. The molecule has 2 aliphatic rings. The molecule has 6 heteroatoms. The number of nitrogens with zero attached hydrogens (tertiary/aromatic N) is 3. The first kappa shape index (κ1) is 18.8. The van der Waals surface area contributed by atoms with Crippen LogP contribution in [0.5, 0.6) is 0 Å². The van der Waals surface area contributed by atoms with Crippen molar-refractivity contribution < 1.29 is 14.3 Å². The average molecular weight is 383 g/mol. The minimum Gasteiger partial charge on any atom is -0.447 e. The molecule has 0 bridgehead atoms. The molecule has 3 heterocycles. The van der Waals surface area contributed by atoms with Crippen molar-refractivity contribution in [2.75, 3.05) is 19.7 Å². The van der Waals surface area contributed by atoms with Gasteiger partial charge in [0.2, 0.25) is 0 Å². The van der Waals surface area contributed by atoms with Crippen LogP contribution in [0.4, 0.5) is 4.79 Å². The Labute approximate surface area is 166 Å². The highest BCUT2D eigenvalue weighted by molar-refractivity contribution is 6.07. The van der Waals surface area contributed by atoms with Gasteiger partial charge < -0.3 is 14.2 Å². The summed E-state index contributed by atoms with van der Waals surface area (Å²) >= 11 is 0. The summed E-state index contributed by atoms with van der Waals surface area (Å²) < 4.78 is 7.33. The second kappa shape index (κ2) is 7.86. The lowest BCUT2D eigenvalue weighted by atomic mass is 9.99. The van der Waals surface area contributed by atoms with Gasteiger partial charge in [0.05, 0.1) is 11.6 Å². The van der Waals surface area contributed by atoms with E-state index in [4.69, 9.17) is 4.74 Å². The predicted octanol–water partition coefficient (Wildman–Crippen LogP) is 3.79. The van der Waals surface area contributed by atoms with Crippen LogP contribution in [0.1, 0.15) is 49.4 Å². The quantitative estimate of drug-likeness (QED) is 0.789. The molecule has 2 amide bonds. The van der Waals surface area contributed by atoms with Gasteiger partial charge in [-0.1, -0.05) is 38.0 Å². The molecule has 2 fully saturated rings. The molecule has 1 unspecified atom stereocenters. The summed E-state index contributed by atoms with van der Waals surface area (Å²) in [6.07, 6.45) is 6.60. The zero-order chi connectivity index (χ0) is 19.7. The molecule has 0 N–H and O–H groups in total. The molecule has 2 aromatic rings. The van der Waals surface area contributed by atoms with E-state index in [2.05, 4.69) is 6.92 Å². The minimum atomic E-state index is -0.181. The number of benzene rings is 1. The average Bonchev–Trinajstić information content (AvgIpc) is 3.26. The molecular formula is C22H29N3O3. The monoisotopic (exact) mass is 383 g/mol. The first-order valence-electron chi connectivity index (χ1n) is 10.4. The van der Waals surface area contributed by atoms with E-state index in [-0.39, 0.29) is 24.1 Å². The summed E-state index contributed by atoms with van der Waals surface area (Å²) in [5.74, 6) is 0.0850. The molecule has 2 saturated heterocycles.